The Labute approximate surface area is 300 Å². The second-order valence-electron chi connectivity index (χ2n) is 14.1. The lowest BCUT2D eigenvalue weighted by Crippen LogP contribution is -2.59. The first-order valence-corrected chi connectivity index (χ1v) is 19.2. The molecule has 274 valence electrons. The quantitative estimate of drug-likeness (QED) is 0.187. The van der Waals surface area contributed by atoms with Gasteiger partial charge in [0.2, 0.25) is 15.9 Å². The van der Waals surface area contributed by atoms with Crippen LogP contribution < -0.4 is 14.8 Å². The molecule has 1 saturated heterocycles. The first-order chi connectivity index (χ1) is 23.6. The second kappa shape index (κ2) is 17.1. The van der Waals surface area contributed by atoms with Gasteiger partial charge in [0.25, 0.3) is 0 Å². The standard InChI is InChI=1S/C36H51N5O7S2/c1-24(2)17-26-19-28(48-7)13-14-31(26)50(45,46)37-20-30(42)29(18-25-11-9-8-10-12-25)39-34(43)33(36(3,4)5)41-16-15-40(35(41)44)21-27-23-49-32(38-27)22-47-6/h8-14,19,23-24,29-30,33,37,42H,15-18,20-22H2,1-7H3,(H,39,43)/t29-,30+,33+/m0/s1. The third kappa shape index (κ3) is 10.3. The number of carbonyl (C=O) groups excluding carboxylic acids is 2. The van der Waals surface area contributed by atoms with Crippen LogP contribution in [0.2, 0.25) is 0 Å². The maximum Gasteiger partial charge on any atom is 0.321 e. The zero-order chi connectivity index (χ0) is 36.6. The summed E-state index contributed by atoms with van der Waals surface area (Å²) >= 11 is 1.47. The molecular formula is C36H51N5O7S2. The minimum absolute atomic E-state index is 0.111. The first kappa shape index (κ1) is 39.2. The summed E-state index contributed by atoms with van der Waals surface area (Å²) in [6.07, 6.45) is -0.540. The largest absolute Gasteiger partial charge is 0.497 e. The summed E-state index contributed by atoms with van der Waals surface area (Å²) in [4.78, 5) is 35.8. The number of hydrogen-bond acceptors (Lipinski definition) is 9. The third-order valence-electron chi connectivity index (χ3n) is 8.49. The van der Waals surface area contributed by atoms with Crippen LogP contribution in [0.1, 0.15) is 56.4 Å². The van der Waals surface area contributed by atoms with Gasteiger partial charge < -0.3 is 29.7 Å². The highest BCUT2D eigenvalue weighted by atomic mass is 32.2. The van der Waals surface area contributed by atoms with E-state index in [-0.39, 0.29) is 29.8 Å². The van der Waals surface area contributed by atoms with E-state index in [4.69, 9.17) is 9.47 Å². The highest BCUT2D eigenvalue weighted by molar-refractivity contribution is 7.89. The number of benzene rings is 2. The molecule has 0 aliphatic carbocycles. The number of nitrogens with one attached hydrogen (secondary N) is 2. The monoisotopic (exact) mass is 729 g/mol. The number of amides is 3. The smallest absolute Gasteiger partial charge is 0.321 e. The van der Waals surface area contributed by atoms with E-state index in [2.05, 4.69) is 15.0 Å². The molecule has 3 N–H and O–H groups in total. The lowest BCUT2D eigenvalue weighted by Gasteiger charge is -2.38. The topological polar surface area (TPSA) is 150 Å². The van der Waals surface area contributed by atoms with Crippen LogP contribution in [0.15, 0.2) is 58.8 Å². The predicted octanol–water partition coefficient (Wildman–Crippen LogP) is 4.22. The van der Waals surface area contributed by atoms with Gasteiger partial charge in [-0.15, -0.1) is 11.3 Å². The van der Waals surface area contributed by atoms with Gasteiger partial charge in [-0.05, 0) is 53.5 Å². The summed E-state index contributed by atoms with van der Waals surface area (Å²) in [7, 11) is -0.900. The van der Waals surface area contributed by atoms with Crippen molar-refractivity contribution in [1.29, 1.82) is 0 Å². The molecule has 12 nitrogen and oxygen atoms in total. The first-order valence-electron chi connectivity index (χ1n) is 16.8. The van der Waals surface area contributed by atoms with Crippen molar-refractivity contribution >= 4 is 33.3 Å². The lowest BCUT2D eigenvalue weighted by atomic mass is 9.84. The Morgan fingerprint density at radius 2 is 1.80 bits per heavy atom. The summed E-state index contributed by atoms with van der Waals surface area (Å²) in [5.41, 5.74) is 1.56. The molecule has 1 aromatic heterocycles. The van der Waals surface area contributed by atoms with Crippen molar-refractivity contribution in [3.8, 4) is 5.75 Å². The van der Waals surface area contributed by atoms with Gasteiger partial charge in [0.05, 0.1) is 43.0 Å². The minimum Gasteiger partial charge on any atom is -0.497 e. The zero-order valence-corrected chi connectivity index (χ0v) is 31.6. The summed E-state index contributed by atoms with van der Waals surface area (Å²) in [6.45, 7) is 10.8. The van der Waals surface area contributed by atoms with Crippen LogP contribution in [0.4, 0.5) is 4.79 Å². The van der Waals surface area contributed by atoms with Crippen molar-refractivity contribution in [3.63, 3.8) is 0 Å². The number of aliphatic hydroxyl groups is 1. The highest BCUT2D eigenvalue weighted by Crippen LogP contribution is 2.29. The van der Waals surface area contributed by atoms with E-state index in [0.717, 1.165) is 16.3 Å². The number of sulfonamides is 1. The average molecular weight is 730 g/mol. The Kier molecular flexibility index (Phi) is 13.4. The number of rotatable bonds is 17. The van der Waals surface area contributed by atoms with Crippen LogP contribution in [0.5, 0.6) is 5.75 Å². The van der Waals surface area contributed by atoms with Gasteiger partial charge in [-0.1, -0.05) is 65.0 Å². The van der Waals surface area contributed by atoms with Crippen molar-refractivity contribution in [2.75, 3.05) is 33.9 Å². The summed E-state index contributed by atoms with van der Waals surface area (Å²) < 4.78 is 40.2. The van der Waals surface area contributed by atoms with Crippen LogP contribution in [-0.2, 0) is 45.5 Å². The van der Waals surface area contributed by atoms with Crippen LogP contribution in [0, 0.1) is 11.3 Å². The Morgan fingerprint density at radius 1 is 1.08 bits per heavy atom. The molecule has 1 aliphatic heterocycles. The van der Waals surface area contributed by atoms with E-state index in [1.54, 1.807) is 29.0 Å². The van der Waals surface area contributed by atoms with E-state index < -0.39 is 39.5 Å². The fourth-order valence-corrected chi connectivity index (χ4v) is 8.20. The average Bonchev–Trinajstić information content (AvgIpc) is 3.65. The Morgan fingerprint density at radius 3 is 2.44 bits per heavy atom. The normalized spacial score (nSPS) is 15.7. The number of urea groups is 1. The predicted molar refractivity (Wildman–Crippen MR) is 193 cm³/mol. The third-order valence-corrected chi connectivity index (χ3v) is 10.9. The molecule has 3 atom stereocenters. The molecule has 1 aliphatic rings. The maximum atomic E-state index is 14.2. The summed E-state index contributed by atoms with van der Waals surface area (Å²) in [5, 5.41) is 17.2. The number of nitrogens with zero attached hydrogens (tertiary/aromatic N) is 3. The molecule has 0 saturated carbocycles. The second-order valence-corrected chi connectivity index (χ2v) is 16.8. The van der Waals surface area contributed by atoms with E-state index in [0.29, 0.717) is 44.0 Å². The van der Waals surface area contributed by atoms with Gasteiger partial charge in [0.1, 0.15) is 16.8 Å². The number of methoxy groups -OCH3 is 2. The van der Waals surface area contributed by atoms with Crippen LogP contribution in [0.3, 0.4) is 0 Å². The van der Waals surface area contributed by atoms with Crippen LogP contribution in [0.25, 0.3) is 0 Å². The summed E-state index contributed by atoms with van der Waals surface area (Å²) in [5.74, 6) is 0.317. The number of aliphatic hydroxyl groups excluding tert-OH is 1. The van der Waals surface area contributed by atoms with Gasteiger partial charge in [-0.2, -0.15) is 0 Å². The van der Waals surface area contributed by atoms with E-state index in [1.165, 1.54) is 24.5 Å². The summed E-state index contributed by atoms with van der Waals surface area (Å²) in [6, 6.07) is 12.2. The molecule has 50 heavy (non-hydrogen) atoms. The SMILES string of the molecule is COCc1nc(CN2CCN([C@H](C(=O)N[C@@H](Cc3ccccc3)[C@H](O)CNS(=O)(=O)c3ccc(OC)cc3CC(C)C)C(C)(C)C)C2=O)cs1. The van der Waals surface area contributed by atoms with Gasteiger partial charge >= 0.3 is 6.03 Å². The molecule has 2 aromatic carbocycles. The van der Waals surface area contributed by atoms with Crippen molar-refractivity contribution in [3.05, 3.63) is 75.7 Å². The van der Waals surface area contributed by atoms with Gasteiger partial charge in [0, 0.05) is 32.1 Å². The number of ether oxygens (including phenoxy) is 2. The van der Waals surface area contributed by atoms with Crippen LogP contribution in [-0.4, -0.2) is 92.3 Å². The van der Waals surface area contributed by atoms with Gasteiger partial charge in [-0.3, -0.25) is 4.79 Å². The number of thiazole rings is 1. The van der Waals surface area contributed by atoms with Crippen LogP contribution >= 0.6 is 11.3 Å². The lowest BCUT2D eigenvalue weighted by molar-refractivity contribution is -0.130. The minimum atomic E-state index is -4.03. The Balaban J connectivity index is 1.53. The molecule has 0 unspecified atom stereocenters. The van der Waals surface area contributed by atoms with E-state index in [1.807, 2.05) is 70.3 Å². The van der Waals surface area contributed by atoms with E-state index in [9.17, 15) is 23.1 Å². The zero-order valence-electron chi connectivity index (χ0n) is 30.0. The number of hydrogen-bond donors (Lipinski definition) is 3. The molecule has 14 heteroatoms. The molecule has 0 bridgehead atoms. The number of aromatic nitrogens is 1. The molecule has 2 heterocycles. The molecule has 0 spiro atoms. The van der Waals surface area contributed by atoms with Gasteiger partial charge in [-0.25, -0.2) is 22.9 Å². The van der Waals surface area contributed by atoms with Crippen molar-refractivity contribution < 1.29 is 32.6 Å². The number of carbonyl (C=O) groups is 2. The molecule has 1 fully saturated rings. The molecule has 3 aromatic rings. The van der Waals surface area contributed by atoms with Gasteiger partial charge in [0.15, 0.2) is 0 Å². The van der Waals surface area contributed by atoms with Crippen molar-refractivity contribution in [2.24, 2.45) is 11.3 Å². The molecule has 4 rings (SSSR count). The Bertz CT molecular complexity index is 1690. The Hall–Kier alpha value is -3.56. The highest BCUT2D eigenvalue weighted by Gasteiger charge is 2.44. The fraction of sp³-hybridized carbons (Fsp3) is 0.528. The van der Waals surface area contributed by atoms with Crippen molar-refractivity contribution in [1.82, 2.24) is 24.8 Å². The maximum absolute atomic E-state index is 14.2. The van der Waals surface area contributed by atoms with E-state index >= 15 is 0 Å². The fourth-order valence-electron chi connectivity index (χ4n) is 6.17. The van der Waals surface area contributed by atoms with Crippen molar-refractivity contribution in [2.45, 2.75) is 83.7 Å². The molecular weight excluding hydrogens is 679 g/mol. The molecule has 0 radical (unpaired) electrons. The molecule has 3 amide bonds.